The van der Waals surface area contributed by atoms with Crippen molar-refractivity contribution in [3.8, 4) is 0 Å². The summed E-state index contributed by atoms with van der Waals surface area (Å²) in [6.45, 7) is 7.28. The van der Waals surface area contributed by atoms with Gasteiger partial charge < -0.3 is 5.32 Å². The van der Waals surface area contributed by atoms with Crippen molar-refractivity contribution in [2.24, 2.45) is 7.05 Å². The molecular weight excluding hydrogens is 234 g/mol. The van der Waals surface area contributed by atoms with Gasteiger partial charge >= 0.3 is 0 Å². The average Bonchev–Trinajstić information content (AvgIpc) is 2.51. The molecule has 1 rings (SSSR count). The van der Waals surface area contributed by atoms with Gasteiger partial charge in [0.25, 0.3) is 0 Å². The van der Waals surface area contributed by atoms with Crippen molar-refractivity contribution < 1.29 is 0 Å². The van der Waals surface area contributed by atoms with Crippen LogP contribution in [-0.4, -0.2) is 15.8 Å². The zero-order chi connectivity index (χ0) is 12.8. The second-order valence-corrected chi connectivity index (χ2v) is 5.11. The molecule has 1 atom stereocenters. The lowest BCUT2D eigenvalue weighted by molar-refractivity contribution is 0.487. The summed E-state index contributed by atoms with van der Waals surface area (Å²) in [5.74, 6) is 0. The highest BCUT2D eigenvalue weighted by molar-refractivity contribution is 6.30. The number of hydrogen-bond acceptors (Lipinski definition) is 2. The largest absolute Gasteiger partial charge is 0.310 e. The van der Waals surface area contributed by atoms with E-state index in [9.17, 15) is 0 Å². The molecular formula is C13H24ClN3. The lowest BCUT2D eigenvalue weighted by Crippen LogP contribution is -2.25. The second-order valence-electron chi connectivity index (χ2n) is 4.76. The predicted octanol–water partition coefficient (Wildman–Crippen LogP) is 3.44. The molecule has 0 aliphatic heterocycles. The van der Waals surface area contributed by atoms with Crippen molar-refractivity contribution in [1.29, 1.82) is 0 Å². The quantitative estimate of drug-likeness (QED) is 0.759. The van der Waals surface area contributed by atoms with Crippen LogP contribution in [0.3, 0.4) is 0 Å². The molecule has 0 aromatic carbocycles. The minimum Gasteiger partial charge on any atom is -0.310 e. The third-order valence-electron chi connectivity index (χ3n) is 3.14. The van der Waals surface area contributed by atoms with E-state index < -0.39 is 0 Å². The number of nitrogens with one attached hydrogen (secondary N) is 1. The van der Waals surface area contributed by atoms with Crippen LogP contribution in [0.1, 0.15) is 50.8 Å². The summed E-state index contributed by atoms with van der Waals surface area (Å²) in [5.41, 5.74) is 2.14. The minimum absolute atomic E-state index is 0.539. The van der Waals surface area contributed by atoms with Crippen LogP contribution in [0.15, 0.2) is 0 Å². The fourth-order valence-corrected chi connectivity index (χ4v) is 2.19. The molecule has 1 heterocycles. The summed E-state index contributed by atoms with van der Waals surface area (Å²) in [6.07, 6.45) is 5.12. The molecule has 1 aromatic rings. The van der Waals surface area contributed by atoms with Gasteiger partial charge in [-0.1, -0.05) is 37.8 Å². The van der Waals surface area contributed by atoms with E-state index >= 15 is 0 Å². The van der Waals surface area contributed by atoms with E-state index in [1.54, 1.807) is 4.68 Å². The van der Waals surface area contributed by atoms with Crippen LogP contribution < -0.4 is 5.32 Å². The van der Waals surface area contributed by atoms with E-state index in [1.807, 2.05) is 14.0 Å². The Morgan fingerprint density at radius 2 is 2.12 bits per heavy atom. The number of rotatable bonds is 7. The van der Waals surface area contributed by atoms with Gasteiger partial charge in [0.15, 0.2) is 0 Å². The standard InChI is InChI=1S/C13H24ClN3/c1-5-6-7-8-10(2)15-9-12-11(3)16-17(4)13(12)14/h10,15H,5-9H2,1-4H3. The Morgan fingerprint density at radius 1 is 1.41 bits per heavy atom. The van der Waals surface area contributed by atoms with Gasteiger partial charge in [-0.15, -0.1) is 0 Å². The summed E-state index contributed by atoms with van der Waals surface area (Å²) in [4.78, 5) is 0. The summed E-state index contributed by atoms with van der Waals surface area (Å²) < 4.78 is 1.73. The molecule has 0 aliphatic carbocycles. The smallest absolute Gasteiger partial charge is 0.131 e. The Hall–Kier alpha value is -0.540. The first-order valence-corrected chi connectivity index (χ1v) is 6.85. The molecule has 0 fully saturated rings. The van der Waals surface area contributed by atoms with Gasteiger partial charge in [0.2, 0.25) is 0 Å². The SMILES string of the molecule is CCCCCC(C)NCc1c(C)nn(C)c1Cl. The van der Waals surface area contributed by atoms with Crippen LogP contribution in [0, 0.1) is 6.92 Å². The molecule has 3 nitrogen and oxygen atoms in total. The van der Waals surface area contributed by atoms with Crippen LogP contribution in [-0.2, 0) is 13.6 Å². The van der Waals surface area contributed by atoms with Crippen LogP contribution in [0.5, 0.6) is 0 Å². The molecule has 1 unspecified atom stereocenters. The lowest BCUT2D eigenvalue weighted by atomic mass is 10.1. The van der Waals surface area contributed by atoms with Crippen molar-refractivity contribution in [3.05, 3.63) is 16.4 Å². The number of hydrogen-bond donors (Lipinski definition) is 1. The van der Waals surface area contributed by atoms with Crippen molar-refractivity contribution >= 4 is 11.6 Å². The lowest BCUT2D eigenvalue weighted by Gasteiger charge is -2.13. The first kappa shape index (κ1) is 14.5. The first-order valence-electron chi connectivity index (χ1n) is 6.47. The van der Waals surface area contributed by atoms with Crippen LogP contribution in [0.25, 0.3) is 0 Å². The van der Waals surface area contributed by atoms with Gasteiger partial charge in [-0.05, 0) is 20.3 Å². The van der Waals surface area contributed by atoms with Gasteiger partial charge in [-0.25, -0.2) is 0 Å². The van der Waals surface area contributed by atoms with E-state index in [-0.39, 0.29) is 0 Å². The third-order valence-corrected chi connectivity index (χ3v) is 3.61. The van der Waals surface area contributed by atoms with E-state index in [1.165, 1.54) is 25.7 Å². The predicted molar refractivity (Wildman–Crippen MR) is 73.4 cm³/mol. The van der Waals surface area contributed by atoms with Gasteiger partial charge in [0.1, 0.15) is 5.15 Å². The normalized spacial score (nSPS) is 13.0. The van der Waals surface area contributed by atoms with Crippen molar-refractivity contribution in [2.45, 2.75) is 59.0 Å². The van der Waals surface area contributed by atoms with Crippen LogP contribution in [0.2, 0.25) is 5.15 Å². The highest BCUT2D eigenvalue weighted by atomic mass is 35.5. The monoisotopic (exact) mass is 257 g/mol. The Bertz CT molecular complexity index is 347. The Labute approximate surface area is 110 Å². The van der Waals surface area contributed by atoms with E-state index in [0.29, 0.717) is 6.04 Å². The van der Waals surface area contributed by atoms with Crippen LogP contribution >= 0.6 is 11.6 Å². The summed E-state index contributed by atoms with van der Waals surface area (Å²) in [5, 5.41) is 8.57. The molecule has 0 amide bonds. The number of unbranched alkanes of at least 4 members (excludes halogenated alkanes) is 2. The molecule has 0 spiro atoms. The van der Waals surface area contributed by atoms with Crippen molar-refractivity contribution in [2.75, 3.05) is 0 Å². The fourth-order valence-electron chi connectivity index (χ4n) is 1.95. The minimum atomic E-state index is 0.539. The Balaban J connectivity index is 2.39. The topological polar surface area (TPSA) is 29.9 Å². The summed E-state index contributed by atoms with van der Waals surface area (Å²) in [7, 11) is 1.88. The molecule has 1 N–H and O–H groups in total. The third kappa shape index (κ3) is 4.32. The Kier molecular flexibility index (Phi) is 6.00. The van der Waals surface area contributed by atoms with Crippen molar-refractivity contribution in [1.82, 2.24) is 15.1 Å². The van der Waals surface area contributed by atoms with Gasteiger partial charge in [0, 0.05) is 25.2 Å². The van der Waals surface area contributed by atoms with Crippen LogP contribution in [0.4, 0.5) is 0 Å². The summed E-state index contributed by atoms with van der Waals surface area (Å²) in [6, 6.07) is 0.539. The van der Waals surface area contributed by atoms with E-state index in [4.69, 9.17) is 11.6 Å². The number of aryl methyl sites for hydroxylation is 2. The molecule has 17 heavy (non-hydrogen) atoms. The van der Waals surface area contributed by atoms with E-state index in [2.05, 4.69) is 24.3 Å². The van der Waals surface area contributed by atoms with Crippen molar-refractivity contribution in [3.63, 3.8) is 0 Å². The van der Waals surface area contributed by atoms with E-state index in [0.717, 1.165) is 23.0 Å². The number of nitrogens with zero attached hydrogens (tertiary/aromatic N) is 2. The molecule has 0 saturated heterocycles. The highest BCUT2D eigenvalue weighted by Crippen LogP contribution is 2.18. The molecule has 1 aromatic heterocycles. The Morgan fingerprint density at radius 3 is 2.65 bits per heavy atom. The zero-order valence-corrected chi connectivity index (χ0v) is 12.1. The average molecular weight is 258 g/mol. The van der Waals surface area contributed by atoms with Gasteiger partial charge in [-0.3, -0.25) is 4.68 Å². The number of aromatic nitrogens is 2. The summed E-state index contributed by atoms with van der Waals surface area (Å²) >= 11 is 6.18. The highest BCUT2D eigenvalue weighted by Gasteiger charge is 2.11. The van der Waals surface area contributed by atoms with Gasteiger partial charge in [-0.2, -0.15) is 5.10 Å². The maximum absolute atomic E-state index is 6.18. The maximum Gasteiger partial charge on any atom is 0.131 e. The molecule has 0 saturated carbocycles. The first-order chi connectivity index (χ1) is 8.06. The number of halogens is 1. The maximum atomic E-state index is 6.18. The molecule has 0 radical (unpaired) electrons. The molecule has 0 bridgehead atoms. The molecule has 98 valence electrons. The fraction of sp³-hybridized carbons (Fsp3) is 0.769. The van der Waals surface area contributed by atoms with Gasteiger partial charge in [0.05, 0.1) is 5.69 Å². The second kappa shape index (κ2) is 7.02. The molecule has 0 aliphatic rings. The molecule has 4 heteroatoms. The zero-order valence-electron chi connectivity index (χ0n) is 11.4.